The van der Waals surface area contributed by atoms with Gasteiger partial charge >= 0.3 is 5.97 Å². The summed E-state index contributed by atoms with van der Waals surface area (Å²) in [5.41, 5.74) is 4.95. The van der Waals surface area contributed by atoms with Crippen LogP contribution in [0.3, 0.4) is 0 Å². The van der Waals surface area contributed by atoms with Gasteiger partial charge in [0.15, 0.2) is 5.65 Å². The van der Waals surface area contributed by atoms with Crippen molar-refractivity contribution in [3.05, 3.63) is 78.4 Å². The lowest BCUT2D eigenvalue weighted by Gasteiger charge is -2.09. The Kier molecular flexibility index (Phi) is 5.80. The van der Waals surface area contributed by atoms with E-state index < -0.39 is 18.4 Å². The number of carbonyl (C=O) groups is 3. The van der Waals surface area contributed by atoms with Crippen LogP contribution in [0.4, 0.5) is 5.69 Å². The van der Waals surface area contributed by atoms with Crippen LogP contribution in [0.25, 0.3) is 33.1 Å². The molecule has 0 radical (unpaired) electrons. The molecule has 0 fully saturated rings. The maximum absolute atomic E-state index is 12.7. The summed E-state index contributed by atoms with van der Waals surface area (Å²) >= 11 is 0. The summed E-state index contributed by atoms with van der Waals surface area (Å²) in [6, 6.07) is 21.9. The van der Waals surface area contributed by atoms with Crippen molar-refractivity contribution >= 4 is 56.6 Å². The third-order valence-corrected chi connectivity index (χ3v) is 5.65. The lowest BCUT2D eigenvalue weighted by atomic mass is 10.2. The first-order valence-electron chi connectivity index (χ1n) is 11.0. The third kappa shape index (κ3) is 4.51. The maximum Gasteiger partial charge on any atom is 0.322 e. The number of aromatic nitrogens is 3. The zero-order valence-electron chi connectivity index (χ0n) is 18.6. The van der Waals surface area contributed by atoms with Crippen molar-refractivity contribution in [1.29, 1.82) is 0 Å². The van der Waals surface area contributed by atoms with Gasteiger partial charge in [-0.3, -0.25) is 14.4 Å². The molecule has 0 saturated heterocycles. The van der Waals surface area contributed by atoms with Gasteiger partial charge in [0.25, 0.3) is 5.91 Å². The minimum absolute atomic E-state index is 0.187. The molecule has 2 aromatic heterocycles. The summed E-state index contributed by atoms with van der Waals surface area (Å²) in [7, 11) is 0. The van der Waals surface area contributed by atoms with E-state index in [9.17, 15) is 14.4 Å². The maximum atomic E-state index is 12.7. The molecule has 3 N–H and O–H groups in total. The van der Waals surface area contributed by atoms with Gasteiger partial charge in [0.2, 0.25) is 5.91 Å². The Bertz CT molecular complexity index is 1590. The molecule has 5 rings (SSSR count). The van der Waals surface area contributed by atoms with E-state index >= 15 is 0 Å². The van der Waals surface area contributed by atoms with Crippen molar-refractivity contribution in [1.82, 2.24) is 19.9 Å². The number of para-hydroxylation sites is 3. The van der Waals surface area contributed by atoms with Gasteiger partial charge in [-0.05, 0) is 42.5 Å². The lowest BCUT2D eigenvalue weighted by molar-refractivity contribution is -0.135. The lowest BCUT2D eigenvalue weighted by Crippen LogP contribution is -2.29. The quantitative estimate of drug-likeness (QED) is 0.336. The van der Waals surface area contributed by atoms with E-state index in [1.807, 2.05) is 53.1 Å². The number of aryl methyl sites for hydroxylation is 1. The highest BCUT2D eigenvalue weighted by atomic mass is 16.4. The number of rotatable bonds is 7. The minimum atomic E-state index is -1.12. The van der Waals surface area contributed by atoms with Crippen LogP contribution in [-0.2, 0) is 16.1 Å². The Labute approximate surface area is 199 Å². The van der Waals surface area contributed by atoms with Gasteiger partial charge in [-0.2, -0.15) is 0 Å². The fourth-order valence-corrected chi connectivity index (χ4v) is 4.01. The molecule has 0 atom stereocenters. The van der Waals surface area contributed by atoms with E-state index in [0.717, 1.165) is 33.1 Å². The summed E-state index contributed by atoms with van der Waals surface area (Å²) in [6.45, 7) is -0.0429. The molecule has 2 heterocycles. The van der Waals surface area contributed by atoms with Crippen LogP contribution in [-0.4, -0.2) is 44.0 Å². The van der Waals surface area contributed by atoms with Crippen LogP contribution in [0.1, 0.15) is 16.8 Å². The first kappa shape index (κ1) is 22.0. The highest BCUT2D eigenvalue weighted by molar-refractivity contribution is 6.06. The number of nitrogens with zero attached hydrogens (tertiary/aromatic N) is 3. The van der Waals surface area contributed by atoms with Gasteiger partial charge in [0, 0.05) is 29.6 Å². The van der Waals surface area contributed by atoms with Crippen molar-refractivity contribution in [3.8, 4) is 0 Å². The molecule has 2 amide bonds. The third-order valence-electron chi connectivity index (χ3n) is 5.65. The molecule has 0 aliphatic carbocycles. The predicted molar refractivity (Wildman–Crippen MR) is 132 cm³/mol. The fourth-order valence-electron chi connectivity index (χ4n) is 4.01. The van der Waals surface area contributed by atoms with E-state index in [1.54, 1.807) is 12.1 Å². The molecule has 5 aromatic rings. The number of nitrogens with one attached hydrogen (secondary N) is 2. The van der Waals surface area contributed by atoms with Crippen LogP contribution in [0.5, 0.6) is 0 Å². The van der Waals surface area contributed by atoms with Crippen LogP contribution in [0.15, 0.2) is 72.8 Å². The second-order valence-corrected chi connectivity index (χ2v) is 8.01. The van der Waals surface area contributed by atoms with Crippen LogP contribution >= 0.6 is 0 Å². The van der Waals surface area contributed by atoms with E-state index in [0.29, 0.717) is 17.8 Å². The first-order valence-corrected chi connectivity index (χ1v) is 11.0. The van der Waals surface area contributed by atoms with Gasteiger partial charge < -0.3 is 20.3 Å². The number of carbonyl (C=O) groups excluding carboxylic acids is 2. The molecule has 0 aliphatic heterocycles. The summed E-state index contributed by atoms with van der Waals surface area (Å²) in [5, 5.41) is 14.8. The minimum Gasteiger partial charge on any atom is -0.480 e. The number of carboxylic acid groups (broad SMARTS) is 1. The highest BCUT2D eigenvalue weighted by Crippen LogP contribution is 2.28. The van der Waals surface area contributed by atoms with Crippen LogP contribution in [0, 0.1) is 0 Å². The van der Waals surface area contributed by atoms with Gasteiger partial charge in [-0.15, -0.1) is 0 Å². The Balaban J connectivity index is 1.33. The zero-order chi connectivity index (χ0) is 24.4. The smallest absolute Gasteiger partial charge is 0.322 e. The monoisotopic (exact) mass is 467 g/mol. The SMILES string of the molecule is O=C(O)CNC(=O)c1ccc(NC(=O)CCn2c3ccccc3c3nc4ccccc4nc32)cc1. The van der Waals surface area contributed by atoms with Gasteiger partial charge in [0.05, 0.1) is 16.6 Å². The summed E-state index contributed by atoms with van der Waals surface area (Å²) in [4.78, 5) is 44.8. The molecule has 35 heavy (non-hydrogen) atoms. The Morgan fingerprint density at radius 3 is 2.29 bits per heavy atom. The summed E-state index contributed by atoms with van der Waals surface area (Å²) in [6.07, 6.45) is 0.211. The van der Waals surface area contributed by atoms with Gasteiger partial charge in [-0.25, -0.2) is 9.97 Å². The second-order valence-electron chi connectivity index (χ2n) is 8.01. The van der Waals surface area contributed by atoms with Crippen LogP contribution < -0.4 is 10.6 Å². The fraction of sp³-hybridized carbons (Fsp3) is 0.115. The number of hydrogen-bond donors (Lipinski definition) is 3. The summed E-state index contributed by atoms with van der Waals surface area (Å²) in [5.74, 6) is -1.80. The Hall–Kier alpha value is -4.79. The number of fused-ring (bicyclic) bond motifs is 4. The number of aliphatic carboxylic acids is 1. The highest BCUT2D eigenvalue weighted by Gasteiger charge is 2.15. The average Bonchev–Trinajstić information content (AvgIpc) is 3.17. The number of hydrogen-bond acceptors (Lipinski definition) is 5. The molecule has 0 aliphatic rings. The molecule has 174 valence electrons. The molecular weight excluding hydrogens is 446 g/mol. The Morgan fingerprint density at radius 1 is 0.857 bits per heavy atom. The van der Waals surface area contributed by atoms with Crippen molar-refractivity contribution in [2.75, 3.05) is 11.9 Å². The molecule has 3 aromatic carbocycles. The van der Waals surface area contributed by atoms with Gasteiger partial charge in [0.1, 0.15) is 12.1 Å². The average molecular weight is 467 g/mol. The molecular formula is C26H21N5O4. The molecule has 0 unspecified atom stereocenters. The normalized spacial score (nSPS) is 11.1. The van der Waals surface area contributed by atoms with E-state index in [2.05, 4.69) is 10.6 Å². The number of carboxylic acids is 1. The molecule has 0 saturated carbocycles. The van der Waals surface area contributed by atoms with Gasteiger partial charge in [-0.1, -0.05) is 30.3 Å². The molecule has 0 bridgehead atoms. The van der Waals surface area contributed by atoms with E-state index in [-0.39, 0.29) is 12.3 Å². The molecule has 0 spiro atoms. The number of amides is 2. The predicted octanol–water partition coefficient (Wildman–Crippen LogP) is 3.58. The van der Waals surface area contributed by atoms with E-state index in [4.69, 9.17) is 15.1 Å². The zero-order valence-corrected chi connectivity index (χ0v) is 18.6. The standard InChI is InChI=1S/C26H21N5O4/c32-22(28-17-11-9-16(10-12-17)26(35)27-15-23(33)34)13-14-31-21-8-4-1-5-18(21)24-25(31)30-20-7-3-2-6-19(20)29-24/h1-12H,13-15H2,(H,27,35)(H,28,32)(H,33,34). The molecule has 9 heteroatoms. The van der Waals surface area contributed by atoms with Crippen molar-refractivity contribution in [2.45, 2.75) is 13.0 Å². The van der Waals surface area contributed by atoms with Crippen molar-refractivity contribution in [2.24, 2.45) is 0 Å². The largest absolute Gasteiger partial charge is 0.480 e. The van der Waals surface area contributed by atoms with E-state index in [1.165, 1.54) is 12.1 Å². The summed E-state index contributed by atoms with van der Waals surface area (Å²) < 4.78 is 2.01. The molecule has 9 nitrogen and oxygen atoms in total. The number of benzene rings is 3. The second kappa shape index (κ2) is 9.22. The van der Waals surface area contributed by atoms with Crippen molar-refractivity contribution in [3.63, 3.8) is 0 Å². The van der Waals surface area contributed by atoms with Crippen molar-refractivity contribution < 1.29 is 19.5 Å². The Morgan fingerprint density at radius 2 is 1.54 bits per heavy atom. The topological polar surface area (TPSA) is 126 Å². The van der Waals surface area contributed by atoms with Crippen LogP contribution in [0.2, 0.25) is 0 Å². The first-order chi connectivity index (χ1) is 17.0. The number of anilines is 1.